The van der Waals surface area contributed by atoms with Crippen LogP contribution in [-0.2, 0) is 7.05 Å². The first-order valence-corrected chi connectivity index (χ1v) is 6.99. The standard InChI is InChI=1S/C13H17N3O2S/c1-9-5-3-4-6-11(9)12-14-15-13(16(12)2)19-8-10(18)7-17/h3-6,10,17-18H,7-8H2,1-2H3. The van der Waals surface area contributed by atoms with Gasteiger partial charge in [-0.1, -0.05) is 36.0 Å². The lowest BCUT2D eigenvalue weighted by Gasteiger charge is -2.07. The molecule has 2 rings (SSSR count). The molecule has 6 heteroatoms. The molecule has 1 heterocycles. The van der Waals surface area contributed by atoms with Crippen molar-refractivity contribution in [2.45, 2.75) is 18.2 Å². The lowest BCUT2D eigenvalue weighted by atomic mass is 10.1. The average molecular weight is 279 g/mol. The quantitative estimate of drug-likeness (QED) is 0.806. The lowest BCUT2D eigenvalue weighted by Crippen LogP contribution is -2.15. The van der Waals surface area contributed by atoms with E-state index in [0.29, 0.717) is 5.75 Å². The van der Waals surface area contributed by atoms with Crippen LogP contribution in [0.3, 0.4) is 0 Å². The van der Waals surface area contributed by atoms with Gasteiger partial charge in [-0.05, 0) is 12.5 Å². The third-order valence-corrected chi connectivity index (χ3v) is 4.00. The van der Waals surface area contributed by atoms with Gasteiger partial charge in [0.2, 0.25) is 0 Å². The SMILES string of the molecule is Cc1ccccc1-c1nnc(SCC(O)CO)n1C. The van der Waals surface area contributed by atoms with Crippen LogP contribution < -0.4 is 0 Å². The van der Waals surface area contributed by atoms with Crippen LogP contribution in [0.1, 0.15) is 5.56 Å². The molecule has 0 radical (unpaired) electrons. The van der Waals surface area contributed by atoms with E-state index >= 15 is 0 Å². The zero-order chi connectivity index (χ0) is 13.8. The minimum absolute atomic E-state index is 0.241. The average Bonchev–Trinajstić information content (AvgIpc) is 2.78. The second kappa shape index (κ2) is 6.18. The smallest absolute Gasteiger partial charge is 0.191 e. The van der Waals surface area contributed by atoms with Gasteiger partial charge in [-0.2, -0.15) is 0 Å². The van der Waals surface area contributed by atoms with Crippen LogP contribution in [0.25, 0.3) is 11.4 Å². The molecular weight excluding hydrogens is 262 g/mol. The summed E-state index contributed by atoms with van der Waals surface area (Å²) in [6.45, 7) is 1.79. The van der Waals surface area contributed by atoms with Crippen LogP contribution in [0, 0.1) is 6.92 Å². The van der Waals surface area contributed by atoms with Crippen LogP contribution in [-0.4, -0.2) is 43.4 Å². The maximum Gasteiger partial charge on any atom is 0.191 e. The third-order valence-electron chi connectivity index (χ3n) is 2.84. The van der Waals surface area contributed by atoms with E-state index < -0.39 is 6.10 Å². The minimum atomic E-state index is -0.733. The molecule has 1 unspecified atom stereocenters. The number of hydrogen-bond donors (Lipinski definition) is 2. The molecule has 2 aromatic rings. The van der Waals surface area contributed by atoms with Gasteiger partial charge in [0.25, 0.3) is 0 Å². The molecule has 0 aliphatic carbocycles. The van der Waals surface area contributed by atoms with E-state index in [1.54, 1.807) is 0 Å². The van der Waals surface area contributed by atoms with Crippen LogP contribution >= 0.6 is 11.8 Å². The maximum absolute atomic E-state index is 9.35. The summed E-state index contributed by atoms with van der Waals surface area (Å²) < 4.78 is 1.90. The van der Waals surface area contributed by atoms with Gasteiger partial charge in [0, 0.05) is 18.4 Å². The van der Waals surface area contributed by atoms with E-state index in [1.807, 2.05) is 42.8 Å². The summed E-state index contributed by atoms with van der Waals surface area (Å²) in [7, 11) is 1.90. The maximum atomic E-state index is 9.35. The molecule has 0 aliphatic rings. The van der Waals surface area contributed by atoms with Crippen LogP contribution in [0.4, 0.5) is 0 Å². The lowest BCUT2D eigenvalue weighted by molar-refractivity contribution is 0.113. The van der Waals surface area contributed by atoms with Crippen molar-refractivity contribution in [2.75, 3.05) is 12.4 Å². The summed E-state index contributed by atoms with van der Waals surface area (Å²) in [5.74, 6) is 1.20. The molecular formula is C13H17N3O2S. The molecule has 0 aliphatic heterocycles. The number of rotatable bonds is 5. The molecule has 0 spiro atoms. The second-order valence-corrected chi connectivity index (χ2v) is 5.31. The van der Waals surface area contributed by atoms with E-state index in [-0.39, 0.29) is 6.61 Å². The number of aliphatic hydroxyl groups excluding tert-OH is 2. The van der Waals surface area contributed by atoms with Gasteiger partial charge < -0.3 is 14.8 Å². The number of hydrogen-bond acceptors (Lipinski definition) is 5. The third kappa shape index (κ3) is 3.15. The summed E-state index contributed by atoms with van der Waals surface area (Å²) in [6, 6.07) is 8.00. The molecule has 19 heavy (non-hydrogen) atoms. The highest BCUT2D eigenvalue weighted by Crippen LogP contribution is 2.25. The van der Waals surface area contributed by atoms with Gasteiger partial charge in [0.15, 0.2) is 11.0 Å². The largest absolute Gasteiger partial charge is 0.394 e. The van der Waals surface area contributed by atoms with Gasteiger partial charge >= 0.3 is 0 Å². The van der Waals surface area contributed by atoms with Crippen molar-refractivity contribution in [3.63, 3.8) is 0 Å². The highest BCUT2D eigenvalue weighted by molar-refractivity contribution is 7.99. The van der Waals surface area contributed by atoms with Gasteiger partial charge in [-0.25, -0.2) is 0 Å². The zero-order valence-electron chi connectivity index (χ0n) is 10.9. The fraction of sp³-hybridized carbons (Fsp3) is 0.385. The van der Waals surface area contributed by atoms with Gasteiger partial charge in [0.05, 0.1) is 12.7 Å². The number of benzene rings is 1. The highest BCUT2D eigenvalue weighted by atomic mass is 32.2. The van der Waals surface area contributed by atoms with Gasteiger partial charge in [-0.3, -0.25) is 0 Å². The van der Waals surface area contributed by atoms with Gasteiger partial charge in [0.1, 0.15) is 0 Å². The Morgan fingerprint density at radius 1 is 1.32 bits per heavy atom. The molecule has 1 atom stereocenters. The Morgan fingerprint density at radius 3 is 2.74 bits per heavy atom. The van der Waals surface area contributed by atoms with Crippen molar-refractivity contribution < 1.29 is 10.2 Å². The summed E-state index contributed by atoms with van der Waals surface area (Å²) in [4.78, 5) is 0. The van der Waals surface area contributed by atoms with Crippen LogP contribution in [0.15, 0.2) is 29.4 Å². The van der Waals surface area contributed by atoms with E-state index in [9.17, 15) is 5.11 Å². The predicted molar refractivity (Wildman–Crippen MR) is 75.0 cm³/mol. The molecule has 0 fully saturated rings. The Morgan fingerprint density at radius 2 is 2.05 bits per heavy atom. The number of aliphatic hydroxyl groups is 2. The molecule has 2 N–H and O–H groups in total. The number of aromatic nitrogens is 3. The molecule has 0 saturated heterocycles. The predicted octanol–water partition coefficient (Wildman–Crippen LogP) is 1.24. The molecule has 0 bridgehead atoms. The topological polar surface area (TPSA) is 71.2 Å². The van der Waals surface area contributed by atoms with Crippen molar-refractivity contribution in [3.05, 3.63) is 29.8 Å². The van der Waals surface area contributed by atoms with Crippen molar-refractivity contribution >= 4 is 11.8 Å². The molecule has 5 nitrogen and oxygen atoms in total. The van der Waals surface area contributed by atoms with E-state index in [4.69, 9.17) is 5.11 Å². The molecule has 1 aromatic heterocycles. The molecule has 0 amide bonds. The van der Waals surface area contributed by atoms with Crippen molar-refractivity contribution in [3.8, 4) is 11.4 Å². The fourth-order valence-electron chi connectivity index (χ4n) is 1.72. The zero-order valence-corrected chi connectivity index (χ0v) is 11.8. The molecule has 102 valence electrons. The normalized spacial score (nSPS) is 12.6. The summed E-state index contributed by atoms with van der Waals surface area (Å²) in [5.41, 5.74) is 2.19. The fourth-order valence-corrected chi connectivity index (χ4v) is 2.55. The first-order chi connectivity index (χ1) is 9.13. The van der Waals surface area contributed by atoms with E-state index in [0.717, 1.165) is 22.1 Å². The summed E-state index contributed by atoms with van der Waals surface area (Å²) >= 11 is 1.38. The van der Waals surface area contributed by atoms with Crippen molar-refractivity contribution in [1.82, 2.24) is 14.8 Å². The Hall–Kier alpha value is -1.37. The first-order valence-electron chi connectivity index (χ1n) is 6.00. The van der Waals surface area contributed by atoms with E-state index in [2.05, 4.69) is 10.2 Å². The molecule has 1 aromatic carbocycles. The monoisotopic (exact) mass is 279 g/mol. The van der Waals surface area contributed by atoms with Crippen molar-refractivity contribution in [2.24, 2.45) is 7.05 Å². The number of nitrogens with zero attached hydrogens (tertiary/aromatic N) is 3. The van der Waals surface area contributed by atoms with Crippen LogP contribution in [0.2, 0.25) is 0 Å². The summed E-state index contributed by atoms with van der Waals surface area (Å²) in [6.07, 6.45) is -0.733. The number of aryl methyl sites for hydroxylation is 1. The number of thioether (sulfide) groups is 1. The van der Waals surface area contributed by atoms with Crippen molar-refractivity contribution in [1.29, 1.82) is 0 Å². The Bertz CT molecular complexity index is 557. The Kier molecular flexibility index (Phi) is 4.57. The Labute approximate surface area is 116 Å². The van der Waals surface area contributed by atoms with Gasteiger partial charge in [-0.15, -0.1) is 10.2 Å². The highest BCUT2D eigenvalue weighted by Gasteiger charge is 2.13. The van der Waals surface area contributed by atoms with E-state index in [1.165, 1.54) is 11.8 Å². The first kappa shape index (κ1) is 14.0. The minimum Gasteiger partial charge on any atom is -0.394 e. The Balaban J connectivity index is 2.21. The molecule has 0 saturated carbocycles. The van der Waals surface area contributed by atoms with Crippen LogP contribution in [0.5, 0.6) is 0 Å². The summed E-state index contributed by atoms with van der Waals surface area (Å²) in [5, 5.41) is 27.2. The second-order valence-electron chi connectivity index (χ2n) is 4.33.